The van der Waals surface area contributed by atoms with Gasteiger partial charge in [0, 0.05) is 1.37 Å². The zero-order valence-electron chi connectivity index (χ0n) is 11.9. The lowest BCUT2D eigenvalue weighted by molar-refractivity contribution is -0.138. The number of carboxylic acid groups (broad SMARTS) is 1. The Kier molecular flexibility index (Phi) is 1.48. The predicted octanol–water partition coefficient (Wildman–Crippen LogP) is 0.0522. The van der Waals surface area contributed by atoms with Crippen molar-refractivity contribution in [1.29, 1.82) is 0 Å². The minimum atomic E-state index is -2.86. The van der Waals surface area contributed by atoms with E-state index in [1.807, 2.05) is 0 Å². The predicted molar refractivity (Wildman–Crippen MR) is 49.1 cm³/mol. The highest BCUT2D eigenvalue weighted by Gasteiger charge is 2.12. The van der Waals surface area contributed by atoms with E-state index >= 15 is 0 Å². The fraction of sp³-hybridized carbons (Fsp3) is 0.222. The molecule has 0 radical (unpaired) electrons. The summed E-state index contributed by atoms with van der Waals surface area (Å²) in [5.41, 5.74) is 4.41. The Bertz CT molecular complexity index is 519. The summed E-state index contributed by atoms with van der Waals surface area (Å²) < 4.78 is 37.2. The first-order valence-corrected chi connectivity index (χ1v) is 3.49. The number of phenols is 2. The van der Waals surface area contributed by atoms with Gasteiger partial charge < -0.3 is 21.1 Å². The van der Waals surface area contributed by atoms with E-state index in [9.17, 15) is 15.0 Å². The lowest BCUT2D eigenvalue weighted by atomic mass is 10.1. The third kappa shape index (κ3) is 2.37. The summed E-state index contributed by atoms with van der Waals surface area (Å²) in [6, 6.07) is -5.46. The molecular formula is C9H11NO4. The first-order valence-electron chi connectivity index (χ1n) is 6.07. The van der Waals surface area contributed by atoms with Gasteiger partial charge >= 0.3 is 5.97 Å². The van der Waals surface area contributed by atoms with Crippen molar-refractivity contribution < 1.29 is 27.0 Å². The minimum Gasteiger partial charge on any atom is -0.504 e. The van der Waals surface area contributed by atoms with Gasteiger partial charge in [-0.3, -0.25) is 4.79 Å². The van der Waals surface area contributed by atoms with Gasteiger partial charge in [-0.15, -0.1) is 0 Å². The van der Waals surface area contributed by atoms with Crippen molar-refractivity contribution in [3.63, 3.8) is 0 Å². The molecule has 14 heavy (non-hydrogen) atoms. The summed E-state index contributed by atoms with van der Waals surface area (Å²) in [5.74, 6) is -3.94. The number of hydrogen-bond acceptors (Lipinski definition) is 4. The zero-order chi connectivity index (χ0) is 15.1. The van der Waals surface area contributed by atoms with Crippen LogP contribution in [0.2, 0.25) is 0 Å². The Labute approximate surface area is 87.4 Å². The van der Waals surface area contributed by atoms with Gasteiger partial charge in [0.05, 0.1) is 5.48 Å². The molecule has 0 spiro atoms. The molecule has 1 aromatic carbocycles. The van der Waals surface area contributed by atoms with Gasteiger partial charge in [0.15, 0.2) is 11.5 Å². The Hall–Kier alpha value is -1.75. The number of carboxylic acids is 1. The molecule has 0 aromatic heterocycles. The summed E-state index contributed by atoms with van der Waals surface area (Å²) in [6.45, 7) is 0. The van der Waals surface area contributed by atoms with Gasteiger partial charge in [-0.1, -0.05) is 6.04 Å². The molecule has 1 rings (SSSR count). The monoisotopic (exact) mass is 202 g/mol. The summed E-state index contributed by atoms with van der Waals surface area (Å²) in [5, 5.41) is 27.4. The summed E-state index contributed by atoms with van der Waals surface area (Å²) in [7, 11) is 0. The fourth-order valence-corrected chi connectivity index (χ4v) is 0.693. The molecule has 0 saturated carbocycles. The van der Waals surface area contributed by atoms with Gasteiger partial charge in [0.1, 0.15) is 6.02 Å². The van der Waals surface area contributed by atoms with Gasteiger partial charge in [-0.05, 0) is 24.0 Å². The number of rotatable bonds is 3. The lowest BCUT2D eigenvalue weighted by Gasteiger charge is -2.06. The van der Waals surface area contributed by atoms with E-state index in [0.717, 1.165) is 0 Å². The largest absolute Gasteiger partial charge is 0.504 e. The van der Waals surface area contributed by atoms with Crippen LogP contribution in [-0.4, -0.2) is 27.3 Å². The second kappa shape index (κ2) is 3.97. The highest BCUT2D eigenvalue weighted by molar-refractivity contribution is 5.73. The quantitative estimate of drug-likeness (QED) is 0.518. The second-order valence-electron chi connectivity index (χ2n) is 2.39. The molecule has 0 fully saturated rings. The molecule has 76 valence electrons. The summed E-state index contributed by atoms with van der Waals surface area (Å²) in [6.07, 6.45) is -2.08. The van der Waals surface area contributed by atoms with Crippen LogP contribution in [0, 0.1) is 0 Å². The van der Waals surface area contributed by atoms with Crippen LogP contribution >= 0.6 is 0 Å². The zero-order valence-corrected chi connectivity index (χ0v) is 6.90. The van der Waals surface area contributed by atoms with Crippen molar-refractivity contribution in [2.75, 3.05) is 0 Å². The van der Waals surface area contributed by atoms with Gasteiger partial charge in [0.25, 0.3) is 0 Å². The van der Waals surface area contributed by atoms with Crippen LogP contribution in [0.3, 0.4) is 0 Å². The highest BCUT2D eigenvalue weighted by atomic mass is 16.4. The second-order valence-corrected chi connectivity index (χ2v) is 2.39. The summed E-state index contributed by atoms with van der Waals surface area (Å²) in [4.78, 5) is 10.8. The van der Waals surface area contributed by atoms with E-state index in [2.05, 4.69) is 0 Å². The Morgan fingerprint density at radius 1 is 1.64 bits per heavy atom. The van der Waals surface area contributed by atoms with E-state index in [1.165, 1.54) is 0 Å². The first kappa shape index (κ1) is 5.21. The van der Waals surface area contributed by atoms with E-state index in [-0.39, 0.29) is 0 Å². The van der Waals surface area contributed by atoms with Crippen LogP contribution < -0.4 is 5.73 Å². The topological polar surface area (TPSA) is 104 Å². The molecule has 0 aliphatic rings. The van der Waals surface area contributed by atoms with E-state index in [1.54, 1.807) is 0 Å². The Morgan fingerprint density at radius 3 is 2.86 bits per heavy atom. The molecular weight excluding hydrogens is 186 g/mol. The molecule has 0 heterocycles. The molecule has 1 aromatic rings. The van der Waals surface area contributed by atoms with Crippen LogP contribution in [0.5, 0.6) is 11.5 Å². The number of carbonyl (C=O) groups is 1. The normalized spacial score (nSPS) is 21.9. The summed E-state index contributed by atoms with van der Waals surface area (Å²) >= 11 is 0. The number of nitrogens with two attached hydrogens (primary N) is 1. The van der Waals surface area contributed by atoms with Crippen molar-refractivity contribution in [3.05, 3.63) is 23.7 Å². The van der Waals surface area contributed by atoms with Gasteiger partial charge in [-0.2, -0.15) is 0 Å². The molecule has 2 atom stereocenters. The van der Waals surface area contributed by atoms with E-state index < -0.39 is 53.6 Å². The van der Waals surface area contributed by atoms with Crippen molar-refractivity contribution in [1.82, 2.24) is 0 Å². The Balaban J connectivity index is 3.57. The van der Waals surface area contributed by atoms with Crippen LogP contribution in [0.25, 0.3) is 0 Å². The standard InChI is InChI=1S/C9H11NO4/c10-6(9(13)14)3-5-1-2-7(11)8(12)4-5/h1-2,4,6,11-12H,3,10H2,(H,13,14)/t6-/m0/s1/i1D,2D,3D,4D,6D/t3-,6-. The number of aliphatic carboxylic acids is 1. The molecule has 0 saturated heterocycles. The van der Waals surface area contributed by atoms with Crippen molar-refractivity contribution in [3.8, 4) is 11.5 Å². The average Bonchev–Trinajstić information content (AvgIpc) is 2.33. The molecule has 5 heteroatoms. The molecule has 5 nitrogen and oxygen atoms in total. The van der Waals surface area contributed by atoms with Crippen LogP contribution in [-0.2, 0) is 11.2 Å². The molecule has 0 aliphatic carbocycles. The maximum absolute atomic E-state index is 10.8. The van der Waals surface area contributed by atoms with Crippen LogP contribution in [0.1, 0.15) is 12.4 Å². The maximum Gasteiger partial charge on any atom is 0.320 e. The number of phenolic OH excluding ortho intramolecular Hbond substituents is 2. The van der Waals surface area contributed by atoms with Gasteiger partial charge in [0.2, 0.25) is 0 Å². The molecule has 0 aliphatic heterocycles. The number of hydrogen-bond donors (Lipinski definition) is 4. The Morgan fingerprint density at radius 2 is 2.29 bits per heavy atom. The van der Waals surface area contributed by atoms with Crippen molar-refractivity contribution >= 4 is 5.97 Å². The smallest absolute Gasteiger partial charge is 0.320 e. The van der Waals surface area contributed by atoms with E-state index in [0.29, 0.717) is 0 Å². The molecule has 0 unspecified atom stereocenters. The maximum atomic E-state index is 10.8. The number of aromatic hydroxyl groups is 2. The number of benzene rings is 1. The first-order chi connectivity index (χ1) is 8.53. The fourth-order valence-electron chi connectivity index (χ4n) is 0.693. The van der Waals surface area contributed by atoms with Crippen LogP contribution in [0.4, 0.5) is 0 Å². The lowest BCUT2D eigenvalue weighted by Crippen LogP contribution is -2.32. The average molecular weight is 202 g/mol. The minimum absolute atomic E-state index is 0.708. The third-order valence-corrected chi connectivity index (χ3v) is 1.34. The van der Waals surface area contributed by atoms with Crippen molar-refractivity contribution in [2.24, 2.45) is 5.73 Å². The van der Waals surface area contributed by atoms with E-state index in [4.69, 9.17) is 17.7 Å². The van der Waals surface area contributed by atoms with Crippen molar-refractivity contribution in [2.45, 2.75) is 12.4 Å². The third-order valence-electron chi connectivity index (χ3n) is 1.34. The molecule has 5 N–H and O–H groups in total. The molecule has 0 amide bonds. The highest BCUT2D eigenvalue weighted by Crippen LogP contribution is 2.25. The SMILES string of the molecule is [2H]c1c([2H])c([C@H]([2H])[C@]([2H])(N)C(=O)O)c([2H])c(O)c1O. The molecule has 0 bridgehead atoms. The van der Waals surface area contributed by atoms with Crippen LogP contribution in [0.15, 0.2) is 18.1 Å². The van der Waals surface area contributed by atoms with Gasteiger partial charge in [-0.25, -0.2) is 0 Å².